The molecule has 0 radical (unpaired) electrons. The van der Waals surface area contributed by atoms with Crippen LogP contribution in [0.3, 0.4) is 0 Å². The minimum absolute atomic E-state index is 0.0244. The Morgan fingerprint density at radius 3 is 2.43 bits per heavy atom. The molecule has 0 saturated carbocycles. The number of benzene rings is 2. The third kappa shape index (κ3) is 3.79. The molecular weight excluding hydrogens is 392 g/mol. The number of aromatic hydroxyl groups is 1. The van der Waals surface area contributed by atoms with Crippen molar-refractivity contribution in [2.45, 2.75) is 46.1 Å². The molecule has 0 aliphatic carbocycles. The normalized spacial score (nSPS) is 13.3. The van der Waals surface area contributed by atoms with Crippen LogP contribution >= 0.6 is 0 Å². The van der Waals surface area contributed by atoms with E-state index in [9.17, 15) is 23.5 Å². The van der Waals surface area contributed by atoms with Gasteiger partial charge in [0.05, 0.1) is 17.5 Å². The molecule has 1 N–H and O–H groups in total. The van der Waals surface area contributed by atoms with Crippen molar-refractivity contribution in [3.8, 4) is 5.75 Å². The minimum atomic E-state index is -1.13. The predicted molar refractivity (Wildman–Crippen MR) is 109 cm³/mol. The Hall–Kier alpha value is -3.22. The van der Waals surface area contributed by atoms with E-state index in [4.69, 9.17) is 4.74 Å². The summed E-state index contributed by atoms with van der Waals surface area (Å²) in [7, 11) is 0. The van der Waals surface area contributed by atoms with E-state index in [-0.39, 0.29) is 17.4 Å². The summed E-state index contributed by atoms with van der Waals surface area (Å²) >= 11 is 0. The Morgan fingerprint density at radius 2 is 1.80 bits per heavy atom. The number of esters is 1. The van der Waals surface area contributed by atoms with Crippen molar-refractivity contribution in [2.75, 3.05) is 0 Å². The van der Waals surface area contributed by atoms with Crippen LogP contribution in [0.1, 0.15) is 54.7 Å². The highest BCUT2D eigenvalue weighted by Crippen LogP contribution is 2.35. The molecule has 2 atom stereocenters. The number of carbonyl (C=O) groups is 2. The second-order valence-corrected chi connectivity index (χ2v) is 7.35. The summed E-state index contributed by atoms with van der Waals surface area (Å²) in [5.74, 6) is -3.93. The zero-order valence-electron chi connectivity index (χ0n) is 17.2. The zero-order valence-corrected chi connectivity index (χ0v) is 17.2. The monoisotopic (exact) mass is 415 g/mol. The lowest BCUT2D eigenvalue weighted by atomic mass is 9.97. The quantitative estimate of drug-likeness (QED) is 0.591. The number of phenols is 1. The topological polar surface area (TPSA) is 68.5 Å². The first kappa shape index (κ1) is 21.5. The van der Waals surface area contributed by atoms with Crippen LogP contribution in [0.25, 0.3) is 10.9 Å². The minimum Gasteiger partial charge on any atom is -0.508 e. The van der Waals surface area contributed by atoms with E-state index >= 15 is 0 Å². The van der Waals surface area contributed by atoms with Crippen LogP contribution < -0.4 is 0 Å². The van der Waals surface area contributed by atoms with Crippen LogP contribution in [-0.2, 0) is 9.53 Å². The number of ether oxygens (including phenoxy) is 1. The van der Waals surface area contributed by atoms with Crippen LogP contribution in [0.2, 0.25) is 0 Å². The molecule has 158 valence electrons. The highest BCUT2D eigenvalue weighted by atomic mass is 19.2. The van der Waals surface area contributed by atoms with Gasteiger partial charge in [-0.3, -0.25) is 14.2 Å². The first-order valence-corrected chi connectivity index (χ1v) is 9.69. The van der Waals surface area contributed by atoms with E-state index < -0.39 is 29.4 Å². The van der Waals surface area contributed by atoms with E-state index in [2.05, 4.69) is 0 Å². The molecule has 30 heavy (non-hydrogen) atoms. The second kappa shape index (κ2) is 8.26. The van der Waals surface area contributed by atoms with Gasteiger partial charge in [0.1, 0.15) is 5.75 Å². The summed E-state index contributed by atoms with van der Waals surface area (Å²) in [6.07, 6.45) is 0.403. The van der Waals surface area contributed by atoms with Gasteiger partial charge in [0.25, 0.3) is 5.91 Å². The number of carbonyl (C=O) groups excluding carboxylic acids is 2. The smallest absolute Gasteiger partial charge is 0.313 e. The number of fused-ring (bicyclic) bond motifs is 1. The molecule has 3 aromatic rings. The molecule has 0 bridgehead atoms. The maximum atomic E-state index is 13.7. The number of halogens is 2. The van der Waals surface area contributed by atoms with E-state index in [0.29, 0.717) is 28.6 Å². The van der Waals surface area contributed by atoms with Gasteiger partial charge in [-0.1, -0.05) is 6.92 Å². The van der Waals surface area contributed by atoms with Crippen LogP contribution in [-0.4, -0.2) is 27.7 Å². The molecule has 1 aromatic heterocycles. The molecule has 2 aromatic carbocycles. The summed E-state index contributed by atoms with van der Waals surface area (Å²) in [4.78, 5) is 25.8. The highest BCUT2D eigenvalue weighted by molar-refractivity contribution is 6.05. The second-order valence-electron chi connectivity index (χ2n) is 7.35. The molecule has 1 heterocycles. The van der Waals surface area contributed by atoms with Crippen molar-refractivity contribution in [1.82, 2.24) is 4.57 Å². The van der Waals surface area contributed by atoms with Crippen LogP contribution in [0.15, 0.2) is 36.4 Å². The third-order valence-electron chi connectivity index (χ3n) is 5.28. The standard InChI is InChI=1S/C23H23F2NO4/c1-5-12(2)30-23(29)13(3)21-14(4)26(20-9-7-16(27)11-17(20)21)22(28)15-6-8-18(24)19(25)10-15/h6-13,27H,5H2,1-4H3. The highest BCUT2D eigenvalue weighted by Gasteiger charge is 2.28. The number of phenolic OH excluding ortho intramolecular Hbond substituents is 1. The summed E-state index contributed by atoms with van der Waals surface area (Å²) in [5, 5.41) is 10.5. The number of hydrogen-bond acceptors (Lipinski definition) is 4. The number of hydrogen-bond donors (Lipinski definition) is 1. The number of rotatable bonds is 5. The van der Waals surface area contributed by atoms with Gasteiger partial charge in [0.2, 0.25) is 0 Å². The lowest BCUT2D eigenvalue weighted by Crippen LogP contribution is -2.20. The van der Waals surface area contributed by atoms with E-state index in [1.165, 1.54) is 22.8 Å². The van der Waals surface area contributed by atoms with Gasteiger partial charge in [0, 0.05) is 16.6 Å². The number of aromatic nitrogens is 1. The average Bonchev–Trinajstić information content (AvgIpc) is 2.99. The molecule has 0 saturated heterocycles. The predicted octanol–water partition coefficient (Wildman–Crippen LogP) is 5.07. The summed E-state index contributed by atoms with van der Waals surface area (Å²) in [5.41, 5.74) is 1.39. The molecule has 2 unspecified atom stereocenters. The van der Waals surface area contributed by atoms with Gasteiger partial charge in [0.15, 0.2) is 11.6 Å². The van der Waals surface area contributed by atoms with Crippen molar-refractivity contribution in [2.24, 2.45) is 0 Å². The molecule has 3 rings (SSSR count). The Bertz CT molecular complexity index is 1140. The van der Waals surface area contributed by atoms with E-state index in [0.717, 1.165) is 12.1 Å². The fourth-order valence-corrected chi connectivity index (χ4v) is 3.50. The van der Waals surface area contributed by atoms with Crippen molar-refractivity contribution in [3.05, 3.63) is 64.9 Å². The molecule has 0 fully saturated rings. The SMILES string of the molecule is CCC(C)OC(=O)C(C)c1c(C)n(C(=O)c2ccc(F)c(F)c2)c2ccc(O)cc12. The Balaban J connectivity index is 2.17. The van der Waals surface area contributed by atoms with Crippen molar-refractivity contribution in [1.29, 1.82) is 0 Å². The zero-order chi connectivity index (χ0) is 22.2. The Morgan fingerprint density at radius 1 is 1.10 bits per heavy atom. The maximum absolute atomic E-state index is 13.7. The largest absolute Gasteiger partial charge is 0.508 e. The maximum Gasteiger partial charge on any atom is 0.313 e. The van der Waals surface area contributed by atoms with Crippen molar-refractivity contribution < 1.29 is 28.2 Å². The van der Waals surface area contributed by atoms with Gasteiger partial charge in [-0.25, -0.2) is 8.78 Å². The van der Waals surface area contributed by atoms with Crippen LogP contribution in [0.5, 0.6) is 5.75 Å². The lowest BCUT2D eigenvalue weighted by Gasteiger charge is -2.16. The first-order chi connectivity index (χ1) is 14.1. The van der Waals surface area contributed by atoms with Crippen LogP contribution in [0.4, 0.5) is 8.78 Å². The van der Waals surface area contributed by atoms with Gasteiger partial charge in [-0.05, 0) is 69.2 Å². The Kier molecular flexibility index (Phi) is 5.92. The van der Waals surface area contributed by atoms with E-state index in [1.807, 2.05) is 6.92 Å². The van der Waals surface area contributed by atoms with Gasteiger partial charge in [-0.2, -0.15) is 0 Å². The van der Waals surface area contributed by atoms with Gasteiger partial charge < -0.3 is 9.84 Å². The molecule has 7 heteroatoms. The first-order valence-electron chi connectivity index (χ1n) is 9.69. The fourth-order valence-electron chi connectivity index (χ4n) is 3.50. The van der Waals surface area contributed by atoms with Crippen molar-refractivity contribution in [3.63, 3.8) is 0 Å². The Labute approximate surface area is 172 Å². The summed E-state index contributed by atoms with van der Waals surface area (Å²) < 4.78 is 33.8. The molecule has 0 aliphatic rings. The van der Waals surface area contributed by atoms with Gasteiger partial charge in [-0.15, -0.1) is 0 Å². The average molecular weight is 415 g/mol. The third-order valence-corrected chi connectivity index (χ3v) is 5.28. The van der Waals surface area contributed by atoms with Gasteiger partial charge >= 0.3 is 5.97 Å². The van der Waals surface area contributed by atoms with E-state index in [1.54, 1.807) is 26.8 Å². The number of nitrogens with zero attached hydrogens (tertiary/aromatic N) is 1. The summed E-state index contributed by atoms with van der Waals surface area (Å²) in [6.45, 7) is 7.03. The lowest BCUT2D eigenvalue weighted by molar-refractivity contribution is -0.149. The fraction of sp³-hybridized carbons (Fsp3) is 0.304. The summed E-state index contributed by atoms with van der Waals surface area (Å²) in [6, 6.07) is 7.37. The molecular formula is C23H23F2NO4. The van der Waals surface area contributed by atoms with Crippen LogP contribution in [0, 0.1) is 18.6 Å². The molecule has 0 spiro atoms. The van der Waals surface area contributed by atoms with Crippen molar-refractivity contribution >= 4 is 22.8 Å². The molecule has 0 aliphatic heterocycles. The molecule has 5 nitrogen and oxygen atoms in total. The molecule has 0 amide bonds.